The maximum absolute atomic E-state index is 13.1. The zero-order valence-electron chi connectivity index (χ0n) is 13.4. The van der Waals surface area contributed by atoms with E-state index in [0.717, 1.165) is 31.6 Å². The van der Waals surface area contributed by atoms with Crippen LogP contribution in [-0.2, 0) is 7.05 Å². The van der Waals surface area contributed by atoms with E-state index in [0.29, 0.717) is 22.1 Å². The minimum absolute atomic E-state index is 0.150. The maximum atomic E-state index is 13.1. The predicted octanol–water partition coefficient (Wildman–Crippen LogP) is 2.76. The molecular weight excluding hydrogens is 326 g/mol. The van der Waals surface area contributed by atoms with Gasteiger partial charge >= 0.3 is 0 Å². The molecule has 1 fully saturated rings. The summed E-state index contributed by atoms with van der Waals surface area (Å²) in [7, 11) is 1.86. The smallest absolute Gasteiger partial charge is 0.287 e. The van der Waals surface area contributed by atoms with Crippen molar-refractivity contribution in [2.75, 3.05) is 18.0 Å². The van der Waals surface area contributed by atoms with Gasteiger partial charge < -0.3 is 9.47 Å². The highest BCUT2D eigenvalue weighted by atomic mass is 35.5. The number of rotatable bonds is 2. The SMILES string of the molecule is Cn1cnc2c(=O)n(-c3ccc(Cl)cc3)c(N3CCCCC3)nc21. The summed E-state index contributed by atoms with van der Waals surface area (Å²) in [5, 5.41) is 0.637. The number of halogens is 1. The fourth-order valence-corrected chi connectivity index (χ4v) is 3.30. The summed E-state index contributed by atoms with van der Waals surface area (Å²) in [6.45, 7) is 1.81. The van der Waals surface area contributed by atoms with Crippen molar-refractivity contribution in [3.05, 3.63) is 46.0 Å². The Morgan fingerprint density at radius 2 is 1.79 bits per heavy atom. The van der Waals surface area contributed by atoms with Crippen LogP contribution in [0, 0.1) is 0 Å². The van der Waals surface area contributed by atoms with E-state index in [1.165, 1.54) is 6.42 Å². The maximum Gasteiger partial charge on any atom is 0.287 e. The summed E-state index contributed by atoms with van der Waals surface area (Å²) in [5.74, 6) is 0.679. The average Bonchev–Trinajstić information content (AvgIpc) is 2.98. The lowest BCUT2D eigenvalue weighted by Crippen LogP contribution is -2.36. The van der Waals surface area contributed by atoms with Crippen LogP contribution in [0.15, 0.2) is 35.4 Å². The van der Waals surface area contributed by atoms with Crippen LogP contribution in [-0.4, -0.2) is 32.2 Å². The molecule has 6 nitrogen and oxygen atoms in total. The standard InChI is InChI=1S/C17H18ClN5O/c1-21-11-19-14-15(21)20-17(22-9-3-2-4-10-22)23(16(14)24)13-7-5-12(18)6-8-13/h5-8,11H,2-4,9-10H2,1H3. The van der Waals surface area contributed by atoms with Gasteiger partial charge in [-0.3, -0.25) is 4.79 Å². The lowest BCUT2D eigenvalue weighted by Gasteiger charge is -2.29. The molecule has 0 spiro atoms. The third-order valence-electron chi connectivity index (χ3n) is 4.44. The first-order chi connectivity index (χ1) is 11.6. The van der Waals surface area contributed by atoms with Gasteiger partial charge in [-0.2, -0.15) is 4.98 Å². The van der Waals surface area contributed by atoms with Crippen LogP contribution in [0.2, 0.25) is 5.02 Å². The molecule has 0 bridgehead atoms. The molecule has 0 unspecified atom stereocenters. The van der Waals surface area contributed by atoms with Crippen LogP contribution in [0.5, 0.6) is 0 Å². The Morgan fingerprint density at radius 3 is 2.50 bits per heavy atom. The van der Waals surface area contributed by atoms with Crippen molar-refractivity contribution in [1.82, 2.24) is 19.1 Å². The number of imidazole rings is 1. The summed E-state index contributed by atoms with van der Waals surface area (Å²) in [4.78, 5) is 24.3. The van der Waals surface area contributed by atoms with Gasteiger partial charge in [-0.1, -0.05) is 11.6 Å². The number of fused-ring (bicyclic) bond motifs is 1. The zero-order valence-corrected chi connectivity index (χ0v) is 14.2. The fraction of sp³-hybridized carbons (Fsp3) is 0.353. The number of hydrogen-bond acceptors (Lipinski definition) is 4. The summed E-state index contributed by atoms with van der Waals surface area (Å²) in [6.07, 6.45) is 5.07. The lowest BCUT2D eigenvalue weighted by molar-refractivity contribution is 0.563. The van der Waals surface area contributed by atoms with Crippen LogP contribution < -0.4 is 10.5 Å². The van der Waals surface area contributed by atoms with E-state index in [1.54, 1.807) is 27.6 Å². The zero-order chi connectivity index (χ0) is 16.7. The molecule has 0 saturated carbocycles. The molecule has 0 amide bonds. The molecule has 2 aromatic heterocycles. The highest BCUT2D eigenvalue weighted by Crippen LogP contribution is 2.23. The minimum Gasteiger partial charge on any atom is -0.342 e. The summed E-state index contributed by atoms with van der Waals surface area (Å²) in [5.41, 5.74) is 1.60. The van der Waals surface area contributed by atoms with E-state index in [2.05, 4.69) is 9.88 Å². The Labute approximate surface area is 144 Å². The molecule has 3 heterocycles. The van der Waals surface area contributed by atoms with Crippen molar-refractivity contribution >= 4 is 28.7 Å². The second-order valence-corrected chi connectivity index (χ2v) is 6.54. The lowest BCUT2D eigenvalue weighted by atomic mass is 10.1. The van der Waals surface area contributed by atoms with E-state index in [9.17, 15) is 4.79 Å². The molecule has 124 valence electrons. The van der Waals surface area contributed by atoms with Crippen molar-refractivity contribution in [3.63, 3.8) is 0 Å². The van der Waals surface area contributed by atoms with Crippen LogP contribution in [0.1, 0.15) is 19.3 Å². The first kappa shape index (κ1) is 15.2. The first-order valence-electron chi connectivity index (χ1n) is 8.10. The molecule has 0 aliphatic carbocycles. The van der Waals surface area contributed by atoms with Gasteiger partial charge in [-0.25, -0.2) is 9.55 Å². The van der Waals surface area contributed by atoms with Crippen LogP contribution >= 0.6 is 11.6 Å². The summed E-state index contributed by atoms with van der Waals surface area (Å²) in [6, 6.07) is 7.25. The van der Waals surface area contributed by atoms with E-state index < -0.39 is 0 Å². The molecule has 0 N–H and O–H groups in total. The van der Waals surface area contributed by atoms with E-state index >= 15 is 0 Å². The molecule has 0 atom stereocenters. The Hall–Kier alpha value is -2.34. The van der Waals surface area contributed by atoms with Crippen molar-refractivity contribution in [2.45, 2.75) is 19.3 Å². The molecule has 1 aromatic carbocycles. The third kappa shape index (κ3) is 2.47. The topological polar surface area (TPSA) is 56.0 Å². The monoisotopic (exact) mass is 343 g/mol. The molecule has 7 heteroatoms. The van der Waals surface area contributed by atoms with Gasteiger partial charge in [-0.15, -0.1) is 0 Å². The van der Waals surface area contributed by atoms with Crippen molar-refractivity contribution in [3.8, 4) is 5.69 Å². The van der Waals surface area contributed by atoms with Crippen LogP contribution in [0.25, 0.3) is 16.9 Å². The van der Waals surface area contributed by atoms with Crippen molar-refractivity contribution < 1.29 is 0 Å². The highest BCUT2D eigenvalue weighted by molar-refractivity contribution is 6.30. The molecule has 0 radical (unpaired) electrons. The first-order valence-corrected chi connectivity index (χ1v) is 8.48. The molecule has 1 saturated heterocycles. The molecule has 1 aliphatic rings. The largest absolute Gasteiger partial charge is 0.342 e. The predicted molar refractivity (Wildman–Crippen MR) is 95.2 cm³/mol. The molecule has 3 aromatic rings. The van der Waals surface area contributed by atoms with E-state index in [4.69, 9.17) is 16.6 Å². The number of aromatic nitrogens is 4. The van der Waals surface area contributed by atoms with Crippen molar-refractivity contribution in [1.29, 1.82) is 0 Å². The number of benzene rings is 1. The second-order valence-electron chi connectivity index (χ2n) is 6.10. The minimum atomic E-state index is -0.150. The second kappa shape index (κ2) is 5.94. The Bertz CT molecular complexity index is 938. The average molecular weight is 344 g/mol. The molecule has 24 heavy (non-hydrogen) atoms. The molecule has 1 aliphatic heterocycles. The van der Waals surface area contributed by atoms with Gasteiger partial charge in [0.2, 0.25) is 5.95 Å². The molecule has 4 rings (SSSR count). The van der Waals surface area contributed by atoms with Crippen molar-refractivity contribution in [2.24, 2.45) is 7.05 Å². The Morgan fingerprint density at radius 1 is 1.08 bits per heavy atom. The normalized spacial score (nSPS) is 15.2. The number of hydrogen-bond donors (Lipinski definition) is 0. The van der Waals surface area contributed by atoms with Gasteiger partial charge in [0.05, 0.1) is 12.0 Å². The highest BCUT2D eigenvalue weighted by Gasteiger charge is 2.21. The summed E-state index contributed by atoms with van der Waals surface area (Å²) >= 11 is 6.00. The van der Waals surface area contributed by atoms with Gasteiger partial charge in [0.15, 0.2) is 11.2 Å². The number of aryl methyl sites for hydroxylation is 1. The van der Waals surface area contributed by atoms with Crippen LogP contribution in [0.4, 0.5) is 5.95 Å². The van der Waals surface area contributed by atoms with Gasteiger partial charge in [0, 0.05) is 25.2 Å². The van der Waals surface area contributed by atoms with Gasteiger partial charge in [0.25, 0.3) is 5.56 Å². The number of piperidine rings is 1. The quantitative estimate of drug-likeness (QED) is 0.718. The number of anilines is 1. The van der Waals surface area contributed by atoms with E-state index in [-0.39, 0.29) is 5.56 Å². The van der Waals surface area contributed by atoms with Gasteiger partial charge in [-0.05, 0) is 43.5 Å². The third-order valence-corrected chi connectivity index (χ3v) is 4.69. The van der Waals surface area contributed by atoms with Gasteiger partial charge in [0.1, 0.15) is 0 Å². The van der Waals surface area contributed by atoms with E-state index in [1.807, 2.05) is 19.2 Å². The summed E-state index contributed by atoms with van der Waals surface area (Å²) < 4.78 is 3.44. The fourth-order valence-electron chi connectivity index (χ4n) is 3.18. The number of nitrogens with zero attached hydrogens (tertiary/aromatic N) is 5. The van der Waals surface area contributed by atoms with Crippen LogP contribution in [0.3, 0.4) is 0 Å². The Kier molecular flexibility index (Phi) is 3.76. The Balaban J connectivity index is 1.99. The molecular formula is C17H18ClN5O.